The summed E-state index contributed by atoms with van der Waals surface area (Å²) in [5.74, 6) is 1.40. The van der Waals surface area contributed by atoms with Gasteiger partial charge in [0, 0.05) is 11.0 Å². The summed E-state index contributed by atoms with van der Waals surface area (Å²) in [5, 5.41) is 0.503. The van der Waals surface area contributed by atoms with E-state index in [1.807, 2.05) is 6.92 Å². The summed E-state index contributed by atoms with van der Waals surface area (Å²) in [7, 11) is 0. The molecule has 1 saturated carbocycles. The standard InChI is InChI=1S/C14H21ClN2O/c1-9-11(15)16-13(14(2,3)4)17-12(9)18-10-7-5-6-8-10/h10H,5-8H2,1-4H3. The number of halogens is 1. The van der Waals surface area contributed by atoms with Crippen LogP contribution in [0, 0.1) is 6.92 Å². The fourth-order valence-electron chi connectivity index (χ4n) is 2.08. The maximum absolute atomic E-state index is 6.18. The average Bonchev–Trinajstić information content (AvgIpc) is 2.75. The Morgan fingerprint density at radius 1 is 1.17 bits per heavy atom. The van der Waals surface area contributed by atoms with Crippen LogP contribution >= 0.6 is 11.6 Å². The van der Waals surface area contributed by atoms with Gasteiger partial charge >= 0.3 is 0 Å². The minimum absolute atomic E-state index is 0.120. The predicted molar refractivity (Wildman–Crippen MR) is 73.4 cm³/mol. The number of hydrogen-bond donors (Lipinski definition) is 0. The lowest BCUT2D eigenvalue weighted by molar-refractivity contribution is 0.198. The van der Waals surface area contributed by atoms with E-state index in [-0.39, 0.29) is 5.41 Å². The number of aromatic nitrogens is 2. The van der Waals surface area contributed by atoms with E-state index in [2.05, 4.69) is 30.7 Å². The Morgan fingerprint density at radius 3 is 2.33 bits per heavy atom. The van der Waals surface area contributed by atoms with Gasteiger partial charge in [-0.1, -0.05) is 32.4 Å². The minimum Gasteiger partial charge on any atom is -0.474 e. The number of nitrogens with zero attached hydrogens (tertiary/aromatic N) is 2. The van der Waals surface area contributed by atoms with E-state index in [4.69, 9.17) is 16.3 Å². The summed E-state index contributed by atoms with van der Waals surface area (Å²) in [6, 6.07) is 0. The Kier molecular flexibility index (Phi) is 3.81. The van der Waals surface area contributed by atoms with Crippen molar-refractivity contribution in [2.45, 2.75) is 64.9 Å². The Labute approximate surface area is 114 Å². The summed E-state index contributed by atoms with van der Waals surface area (Å²) >= 11 is 6.18. The molecular formula is C14H21ClN2O. The molecule has 0 saturated heterocycles. The van der Waals surface area contributed by atoms with Gasteiger partial charge in [-0.2, -0.15) is 4.98 Å². The molecule has 1 heterocycles. The van der Waals surface area contributed by atoms with Crippen molar-refractivity contribution in [3.05, 3.63) is 16.5 Å². The maximum atomic E-state index is 6.18. The summed E-state index contributed by atoms with van der Waals surface area (Å²) in [6.45, 7) is 8.15. The Bertz CT molecular complexity index is 434. The van der Waals surface area contributed by atoms with E-state index in [1.165, 1.54) is 12.8 Å². The van der Waals surface area contributed by atoms with Crippen molar-refractivity contribution >= 4 is 11.6 Å². The quantitative estimate of drug-likeness (QED) is 0.759. The lowest BCUT2D eigenvalue weighted by atomic mass is 9.96. The van der Waals surface area contributed by atoms with Gasteiger partial charge in [-0.25, -0.2) is 4.98 Å². The summed E-state index contributed by atoms with van der Waals surface area (Å²) < 4.78 is 5.99. The molecule has 4 heteroatoms. The highest BCUT2D eigenvalue weighted by atomic mass is 35.5. The summed E-state index contributed by atoms with van der Waals surface area (Å²) in [6.07, 6.45) is 5.02. The second kappa shape index (κ2) is 5.04. The number of ether oxygens (including phenoxy) is 1. The van der Waals surface area contributed by atoms with E-state index >= 15 is 0 Å². The van der Waals surface area contributed by atoms with Crippen molar-refractivity contribution in [3.63, 3.8) is 0 Å². The molecule has 0 N–H and O–H groups in total. The predicted octanol–water partition coefficient (Wildman–Crippen LogP) is 4.06. The van der Waals surface area contributed by atoms with E-state index in [0.717, 1.165) is 24.2 Å². The van der Waals surface area contributed by atoms with Gasteiger partial charge in [-0.3, -0.25) is 0 Å². The molecule has 100 valence electrons. The van der Waals surface area contributed by atoms with Crippen LogP contribution in [0.1, 0.15) is 57.8 Å². The molecule has 18 heavy (non-hydrogen) atoms. The first-order valence-electron chi connectivity index (χ1n) is 6.59. The van der Waals surface area contributed by atoms with Crippen LogP contribution in [-0.2, 0) is 5.41 Å². The first-order valence-corrected chi connectivity index (χ1v) is 6.97. The van der Waals surface area contributed by atoms with Gasteiger partial charge in [0.25, 0.3) is 0 Å². The SMILES string of the molecule is Cc1c(Cl)nc(C(C)(C)C)nc1OC1CCCC1. The van der Waals surface area contributed by atoms with Gasteiger partial charge in [-0.15, -0.1) is 0 Å². The highest BCUT2D eigenvalue weighted by Crippen LogP contribution is 2.30. The van der Waals surface area contributed by atoms with Gasteiger partial charge in [0.1, 0.15) is 17.1 Å². The molecule has 1 aromatic rings. The maximum Gasteiger partial charge on any atom is 0.221 e. The smallest absolute Gasteiger partial charge is 0.221 e. The second-order valence-electron chi connectivity index (χ2n) is 6.04. The van der Waals surface area contributed by atoms with Crippen molar-refractivity contribution in [2.75, 3.05) is 0 Å². The van der Waals surface area contributed by atoms with Crippen LogP contribution in [0.4, 0.5) is 0 Å². The highest BCUT2D eigenvalue weighted by molar-refractivity contribution is 6.30. The molecule has 0 radical (unpaired) electrons. The molecule has 0 amide bonds. The van der Waals surface area contributed by atoms with Gasteiger partial charge in [0.15, 0.2) is 0 Å². The second-order valence-corrected chi connectivity index (χ2v) is 6.40. The van der Waals surface area contributed by atoms with Crippen LogP contribution < -0.4 is 4.74 Å². The van der Waals surface area contributed by atoms with Crippen LogP contribution in [0.15, 0.2) is 0 Å². The fraction of sp³-hybridized carbons (Fsp3) is 0.714. The Morgan fingerprint density at radius 2 is 1.78 bits per heavy atom. The molecule has 0 spiro atoms. The molecule has 0 aromatic carbocycles. The summed E-state index contributed by atoms with van der Waals surface area (Å²) in [4.78, 5) is 8.90. The monoisotopic (exact) mass is 268 g/mol. The molecule has 0 atom stereocenters. The van der Waals surface area contributed by atoms with Gasteiger partial charge in [0.05, 0.1) is 0 Å². The summed E-state index contributed by atoms with van der Waals surface area (Å²) in [5.41, 5.74) is 0.724. The molecule has 1 fully saturated rings. The molecule has 3 nitrogen and oxygen atoms in total. The van der Waals surface area contributed by atoms with Crippen LogP contribution in [0.2, 0.25) is 5.15 Å². The van der Waals surface area contributed by atoms with Crippen molar-refractivity contribution in [3.8, 4) is 5.88 Å². The van der Waals surface area contributed by atoms with Crippen LogP contribution in [-0.4, -0.2) is 16.1 Å². The fourth-order valence-corrected chi connectivity index (χ4v) is 2.25. The van der Waals surface area contributed by atoms with Gasteiger partial charge in [-0.05, 0) is 32.6 Å². The Hall–Kier alpha value is -0.830. The lowest BCUT2D eigenvalue weighted by Gasteiger charge is -2.20. The zero-order valence-corrected chi connectivity index (χ0v) is 12.3. The van der Waals surface area contributed by atoms with Crippen molar-refractivity contribution in [1.29, 1.82) is 0 Å². The highest BCUT2D eigenvalue weighted by Gasteiger charge is 2.23. The van der Waals surface area contributed by atoms with Crippen LogP contribution in [0.3, 0.4) is 0 Å². The number of rotatable bonds is 2. The Balaban J connectivity index is 2.30. The van der Waals surface area contributed by atoms with Crippen LogP contribution in [0.5, 0.6) is 5.88 Å². The normalized spacial score (nSPS) is 17.2. The minimum atomic E-state index is -0.120. The van der Waals surface area contributed by atoms with E-state index in [0.29, 0.717) is 17.1 Å². The molecule has 1 aromatic heterocycles. The van der Waals surface area contributed by atoms with Crippen molar-refractivity contribution in [1.82, 2.24) is 9.97 Å². The van der Waals surface area contributed by atoms with Crippen molar-refractivity contribution < 1.29 is 4.74 Å². The van der Waals surface area contributed by atoms with E-state index in [1.54, 1.807) is 0 Å². The molecule has 0 unspecified atom stereocenters. The zero-order chi connectivity index (χ0) is 13.3. The van der Waals surface area contributed by atoms with Gasteiger partial charge in [0.2, 0.25) is 5.88 Å². The third kappa shape index (κ3) is 2.94. The lowest BCUT2D eigenvalue weighted by Crippen LogP contribution is -2.19. The molecule has 1 aliphatic rings. The first-order chi connectivity index (χ1) is 8.38. The first kappa shape index (κ1) is 13.6. The molecule has 1 aliphatic carbocycles. The largest absolute Gasteiger partial charge is 0.474 e. The third-order valence-corrected chi connectivity index (χ3v) is 3.66. The van der Waals surface area contributed by atoms with Crippen molar-refractivity contribution in [2.24, 2.45) is 0 Å². The molecule has 0 aliphatic heterocycles. The third-order valence-electron chi connectivity index (χ3n) is 3.29. The number of hydrogen-bond acceptors (Lipinski definition) is 3. The topological polar surface area (TPSA) is 35.0 Å². The molecule has 2 rings (SSSR count). The average molecular weight is 269 g/mol. The van der Waals surface area contributed by atoms with Gasteiger partial charge < -0.3 is 4.74 Å². The zero-order valence-electron chi connectivity index (χ0n) is 11.6. The van der Waals surface area contributed by atoms with E-state index in [9.17, 15) is 0 Å². The van der Waals surface area contributed by atoms with Crippen LogP contribution in [0.25, 0.3) is 0 Å². The molecular weight excluding hydrogens is 248 g/mol. The molecule has 0 bridgehead atoms. The van der Waals surface area contributed by atoms with E-state index < -0.39 is 0 Å².